The van der Waals surface area contributed by atoms with E-state index < -0.39 is 0 Å². The summed E-state index contributed by atoms with van der Waals surface area (Å²) < 4.78 is 0. The number of fused-ring (bicyclic) bond motifs is 1. The summed E-state index contributed by atoms with van der Waals surface area (Å²) in [4.78, 5) is 3.53. The Kier molecular flexibility index (Phi) is 1.83. The van der Waals surface area contributed by atoms with Crippen molar-refractivity contribution >= 4 is 5.69 Å². The largest absolute Gasteiger partial charge is 0.238 e. The van der Waals surface area contributed by atoms with E-state index in [1.165, 1.54) is 30.4 Å². The smallest absolute Gasteiger partial charge is 0.190 e. The molecule has 1 aromatic rings. The zero-order valence-electron chi connectivity index (χ0n) is 7.01. The summed E-state index contributed by atoms with van der Waals surface area (Å²) in [6.07, 6.45) is 4.81. The molecule has 1 nitrogen and oxygen atoms in total. The van der Waals surface area contributed by atoms with Crippen LogP contribution in [-0.4, -0.2) is 0 Å². The van der Waals surface area contributed by atoms with Crippen molar-refractivity contribution in [3.8, 4) is 0 Å². The van der Waals surface area contributed by atoms with Crippen LogP contribution in [0.5, 0.6) is 0 Å². The molecule has 0 N–H and O–H groups in total. The fourth-order valence-electron chi connectivity index (χ4n) is 1.87. The predicted molar refractivity (Wildman–Crippen MR) is 49.3 cm³/mol. The van der Waals surface area contributed by atoms with Gasteiger partial charge in [-0.1, -0.05) is 30.2 Å². The van der Waals surface area contributed by atoms with Crippen LogP contribution in [0.15, 0.2) is 18.2 Å². The number of benzene rings is 1. The van der Waals surface area contributed by atoms with Crippen molar-refractivity contribution in [2.75, 3.05) is 0 Å². The van der Waals surface area contributed by atoms with E-state index in [2.05, 4.69) is 10.9 Å². The second-order valence-corrected chi connectivity index (χ2v) is 3.23. The fourth-order valence-corrected chi connectivity index (χ4v) is 1.87. The third kappa shape index (κ3) is 1.10. The highest BCUT2D eigenvalue weighted by atomic mass is 14.6. The van der Waals surface area contributed by atoms with E-state index in [4.69, 9.17) is 6.57 Å². The molecule has 12 heavy (non-hydrogen) atoms. The van der Waals surface area contributed by atoms with Crippen LogP contribution in [0.4, 0.5) is 5.69 Å². The van der Waals surface area contributed by atoms with Crippen LogP contribution in [0.25, 0.3) is 4.85 Å². The van der Waals surface area contributed by atoms with Gasteiger partial charge in [0.05, 0.1) is 6.57 Å². The summed E-state index contributed by atoms with van der Waals surface area (Å²) in [6, 6.07) is 6.08. The Labute approximate surface area is 72.9 Å². The van der Waals surface area contributed by atoms with E-state index in [1.54, 1.807) is 0 Å². The number of aryl methyl sites for hydroxylation is 1. The second-order valence-electron chi connectivity index (χ2n) is 3.23. The highest BCUT2D eigenvalue weighted by molar-refractivity contribution is 5.56. The lowest BCUT2D eigenvalue weighted by Gasteiger charge is -2.16. The molecular formula is C11H11N. The molecule has 0 radical (unpaired) electrons. The van der Waals surface area contributed by atoms with Crippen LogP contribution < -0.4 is 0 Å². The molecule has 0 saturated carbocycles. The molecule has 0 spiro atoms. The van der Waals surface area contributed by atoms with Gasteiger partial charge in [0.2, 0.25) is 0 Å². The molecule has 0 unspecified atom stereocenters. The van der Waals surface area contributed by atoms with Crippen molar-refractivity contribution < 1.29 is 0 Å². The first-order chi connectivity index (χ1) is 5.92. The summed E-state index contributed by atoms with van der Waals surface area (Å²) >= 11 is 0. The van der Waals surface area contributed by atoms with Crippen LogP contribution in [0, 0.1) is 6.57 Å². The Morgan fingerprint density at radius 2 is 2.00 bits per heavy atom. The Bertz CT molecular complexity index is 333. The topological polar surface area (TPSA) is 4.36 Å². The zero-order valence-corrected chi connectivity index (χ0v) is 7.01. The van der Waals surface area contributed by atoms with Gasteiger partial charge in [0.15, 0.2) is 5.69 Å². The Morgan fingerprint density at radius 1 is 1.17 bits per heavy atom. The van der Waals surface area contributed by atoms with Gasteiger partial charge in [-0.05, 0) is 24.8 Å². The third-order valence-electron chi connectivity index (χ3n) is 2.49. The molecular weight excluding hydrogens is 146 g/mol. The minimum absolute atomic E-state index is 0.868. The molecule has 0 amide bonds. The van der Waals surface area contributed by atoms with Crippen molar-refractivity contribution in [3.63, 3.8) is 0 Å². The van der Waals surface area contributed by atoms with Crippen LogP contribution in [0.3, 0.4) is 0 Å². The Balaban J connectivity index is 2.53. The van der Waals surface area contributed by atoms with Crippen LogP contribution >= 0.6 is 0 Å². The van der Waals surface area contributed by atoms with Gasteiger partial charge in [-0.15, -0.1) is 0 Å². The quantitative estimate of drug-likeness (QED) is 0.510. The summed E-state index contributed by atoms with van der Waals surface area (Å²) in [5.41, 5.74) is 3.57. The number of hydrogen-bond acceptors (Lipinski definition) is 0. The van der Waals surface area contributed by atoms with Gasteiger partial charge in [-0.3, -0.25) is 0 Å². The molecule has 1 aromatic carbocycles. The second kappa shape index (κ2) is 2.98. The molecule has 0 fully saturated rings. The normalized spacial score (nSPS) is 14.9. The van der Waals surface area contributed by atoms with Crippen molar-refractivity contribution in [1.82, 2.24) is 0 Å². The van der Waals surface area contributed by atoms with Gasteiger partial charge in [0, 0.05) is 0 Å². The van der Waals surface area contributed by atoms with Crippen molar-refractivity contribution in [2.24, 2.45) is 0 Å². The van der Waals surface area contributed by atoms with Gasteiger partial charge < -0.3 is 0 Å². The molecule has 1 heteroatoms. The van der Waals surface area contributed by atoms with E-state index in [0.29, 0.717) is 0 Å². The number of hydrogen-bond donors (Lipinski definition) is 0. The van der Waals surface area contributed by atoms with Gasteiger partial charge in [-0.25, -0.2) is 4.85 Å². The van der Waals surface area contributed by atoms with E-state index in [1.807, 2.05) is 12.1 Å². The molecule has 60 valence electrons. The highest BCUT2D eigenvalue weighted by Crippen LogP contribution is 2.29. The summed E-state index contributed by atoms with van der Waals surface area (Å²) in [5.74, 6) is 0. The van der Waals surface area contributed by atoms with Gasteiger partial charge in [0.1, 0.15) is 0 Å². The maximum absolute atomic E-state index is 7.01. The first-order valence-electron chi connectivity index (χ1n) is 4.40. The highest BCUT2D eigenvalue weighted by Gasteiger charge is 2.11. The molecule has 0 atom stereocenters. The molecule has 0 saturated heterocycles. The Morgan fingerprint density at radius 3 is 2.83 bits per heavy atom. The summed E-state index contributed by atoms with van der Waals surface area (Å²) in [6.45, 7) is 7.01. The summed E-state index contributed by atoms with van der Waals surface area (Å²) in [7, 11) is 0. The minimum Gasteiger partial charge on any atom is -0.238 e. The molecule has 2 rings (SSSR count). The lowest BCUT2D eigenvalue weighted by molar-refractivity contribution is 0.688. The van der Waals surface area contributed by atoms with Gasteiger partial charge in [-0.2, -0.15) is 0 Å². The molecule has 1 aliphatic rings. The van der Waals surface area contributed by atoms with Crippen LogP contribution in [0.1, 0.15) is 24.0 Å². The first kappa shape index (κ1) is 7.36. The maximum atomic E-state index is 7.01. The van der Waals surface area contributed by atoms with Crippen molar-refractivity contribution in [2.45, 2.75) is 25.7 Å². The molecule has 0 aromatic heterocycles. The Hall–Kier alpha value is -1.29. The minimum atomic E-state index is 0.868. The molecule has 1 aliphatic carbocycles. The summed E-state index contributed by atoms with van der Waals surface area (Å²) in [5, 5.41) is 0. The van der Waals surface area contributed by atoms with E-state index in [-0.39, 0.29) is 0 Å². The zero-order chi connectivity index (χ0) is 8.39. The first-order valence-corrected chi connectivity index (χ1v) is 4.40. The van der Waals surface area contributed by atoms with Crippen molar-refractivity contribution in [1.29, 1.82) is 0 Å². The van der Waals surface area contributed by atoms with E-state index in [9.17, 15) is 0 Å². The van der Waals surface area contributed by atoms with E-state index >= 15 is 0 Å². The standard InChI is InChI=1S/C11H11N/c1-12-11-8-4-6-9-5-2-3-7-10(9)11/h4,6,8H,2-3,5,7H2. The molecule has 0 aliphatic heterocycles. The molecule has 0 heterocycles. The lowest BCUT2D eigenvalue weighted by Crippen LogP contribution is -2.01. The van der Waals surface area contributed by atoms with Crippen LogP contribution in [-0.2, 0) is 12.8 Å². The lowest BCUT2D eigenvalue weighted by atomic mass is 9.91. The number of nitrogens with zero attached hydrogens (tertiary/aromatic N) is 1. The number of rotatable bonds is 0. The van der Waals surface area contributed by atoms with Gasteiger partial charge in [0.25, 0.3) is 0 Å². The average molecular weight is 157 g/mol. The SMILES string of the molecule is [C-]#[N+]c1cccc2c1CCCC2. The monoisotopic (exact) mass is 157 g/mol. The van der Waals surface area contributed by atoms with Crippen LogP contribution in [0.2, 0.25) is 0 Å². The fraction of sp³-hybridized carbons (Fsp3) is 0.364. The third-order valence-corrected chi connectivity index (χ3v) is 2.49. The molecule has 0 bridgehead atoms. The van der Waals surface area contributed by atoms with Gasteiger partial charge >= 0.3 is 0 Å². The van der Waals surface area contributed by atoms with E-state index in [0.717, 1.165) is 12.1 Å². The average Bonchev–Trinajstić information content (AvgIpc) is 2.17. The predicted octanol–water partition coefficient (Wildman–Crippen LogP) is 3.12. The maximum Gasteiger partial charge on any atom is 0.190 e. The van der Waals surface area contributed by atoms with Crippen molar-refractivity contribution in [3.05, 3.63) is 40.7 Å².